The van der Waals surface area contributed by atoms with Gasteiger partial charge in [-0.15, -0.1) is 10.2 Å². The molecule has 0 aliphatic heterocycles. The highest BCUT2D eigenvalue weighted by atomic mass is 16.2. The molecule has 2 rings (SSSR count). The first kappa shape index (κ1) is 17.7. The van der Waals surface area contributed by atoms with Gasteiger partial charge in [-0.3, -0.25) is 4.79 Å². The third-order valence-corrected chi connectivity index (χ3v) is 3.46. The highest BCUT2D eigenvalue weighted by Crippen LogP contribution is 2.14. The molecule has 0 saturated heterocycles. The largest absolute Gasteiger partial charge is 0.271 e. The van der Waals surface area contributed by atoms with Gasteiger partial charge in [0.15, 0.2) is 0 Å². The predicted octanol–water partition coefficient (Wildman–Crippen LogP) is 2.86. The van der Waals surface area contributed by atoms with Crippen LogP contribution >= 0.6 is 0 Å². The van der Waals surface area contributed by atoms with Crippen LogP contribution in [0, 0.1) is 11.8 Å². The number of hydrazone groups is 1. The fourth-order valence-electron chi connectivity index (χ4n) is 2.38. The molecule has 0 atom stereocenters. The van der Waals surface area contributed by atoms with Crippen LogP contribution in [-0.4, -0.2) is 26.8 Å². The van der Waals surface area contributed by atoms with Crippen LogP contribution in [0.15, 0.2) is 41.9 Å². The van der Waals surface area contributed by atoms with E-state index in [-0.39, 0.29) is 11.8 Å². The Morgan fingerprint density at radius 2 is 1.96 bits per heavy atom. The lowest BCUT2D eigenvalue weighted by atomic mass is 9.98. The van der Waals surface area contributed by atoms with Gasteiger partial charge in [0.1, 0.15) is 12.0 Å². The van der Waals surface area contributed by atoms with Crippen molar-refractivity contribution in [3.05, 3.63) is 53.6 Å². The van der Waals surface area contributed by atoms with Gasteiger partial charge in [-0.05, 0) is 29.9 Å². The van der Waals surface area contributed by atoms with E-state index in [0.717, 1.165) is 12.0 Å². The molecule has 1 heterocycles. The summed E-state index contributed by atoms with van der Waals surface area (Å²) in [7, 11) is 0. The normalized spacial score (nSPS) is 11.8. The minimum atomic E-state index is -0.221. The van der Waals surface area contributed by atoms with Crippen molar-refractivity contribution in [3.63, 3.8) is 0 Å². The van der Waals surface area contributed by atoms with E-state index >= 15 is 0 Å². The Morgan fingerprint density at radius 3 is 2.58 bits per heavy atom. The molecule has 0 radical (unpaired) electrons. The van der Waals surface area contributed by atoms with E-state index in [2.05, 4.69) is 39.6 Å². The Balaban J connectivity index is 2.22. The number of amides is 1. The molecule has 0 spiro atoms. The molecule has 0 unspecified atom stereocenters. The molecule has 24 heavy (non-hydrogen) atoms. The van der Waals surface area contributed by atoms with Crippen LogP contribution in [0.5, 0.6) is 0 Å². The predicted molar refractivity (Wildman–Crippen MR) is 93.7 cm³/mol. The molecule has 0 bridgehead atoms. The number of aromatic nitrogens is 3. The molecule has 6 nitrogen and oxygen atoms in total. The zero-order valence-corrected chi connectivity index (χ0v) is 14.5. The molecule has 1 amide bonds. The van der Waals surface area contributed by atoms with Gasteiger partial charge in [-0.1, -0.05) is 45.9 Å². The van der Waals surface area contributed by atoms with Crippen molar-refractivity contribution in [2.45, 2.75) is 34.1 Å². The summed E-state index contributed by atoms with van der Waals surface area (Å²) in [6, 6.07) is 7.61. The number of benzene rings is 1. The van der Waals surface area contributed by atoms with Crippen molar-refractivity contribution in [1.82, 2.24) is 20.6 Å². The minimum absolute atomic E-state index is 0.0784. The van der Waals surface area contributed by atoms with E-state index in [4.69, 9.17) is 0 Å². The fraction of sp³-hybridized carbons (Fsp3) is 0.389. The highest BCUT2D eigenvalue weighted by Gasteiger charge is 2.14. The summed E-state index contributed by atoms with van der Waals surface area (Å²) in [5.41, 5.74) is 5.52. The maximum absolute atomic E-state index is 12.5. The van der Waals surface area contributed by atoms with Gasteiger partial charge < -0.3 is 0 Å². The summed E-state index contributed by atoms with van der Waals surface area (Å²) in [5, 5.41) is 12.0. The minimum Gasteiger partial charge on any atom is -0.267 e. The lowest BCUT2D eigenvalue weighted by Crippen LogP contribution is -2.24. The SMILES string of the molecule is CC(C)Cc1ccccc1C(=O)N/N=C(\c1cncnn1)C(C)C. The lowest BCUT2D eigenvalue weighted by molar-refractivity contribution is 0.0953. The molecule has 1 N–H and O–H groups in total. The van der Waals surface area contributed by atoms with Crippen LogP contribution in [-0.2, 0) is 6.42 Å². The van der Waals surface area contributed by atoms with Gasteiger partial charge in [-0.25, -0.2) is 10.4 Å². The third-order valence-electron chi connectivity index (χ3n) is 3.46. The summed E-state index contributed by atoms with van der Waals surface area (Å²) < 4.78 is 0. The molecular weight excluding hydrogens is 302 g/mol. The van der Waals surface area contributed by atoms with E-state index in [1.165, 1.54) is 6.33 Å². The monoisotopic (exact) mass is 325 g/mol. The van der Waals surface area contributed by atoms with Crippen molar-refractivity contribution >= 4 is 11.6 Å². The maximum Gasteiger partial charge on any atom is 0.271 e. The van der Waals surface area contributed by atoms with Crippen molar-refractivity contribution in [1.29, 1.82) is 0 Å². The molecule has 2 aromatic rings. The number of rotatable bonds is 6. The van der Waals surface area contributed by atoms with Gasteiger partial charge in [0.2, 0.25) is 0 Å². The van der Waals surface area contributed by atoms with Gasteiger partial charge in [0, 0.05) is 5.56 Å². The first-order chi connectivity index (χ1) is 11.5. The molecule has 0 fully saturated rings. The molecule has 0 aliphatic carbocycles. The Hall–Kier alpha value is -2.63. The zero-order valence-electron chi connectivity index (χ0n) is 14.5. The smallest absolute Gasteiger partial charge is 0.267 e. The average Bonchev–Trinajstić information content (AvgIpc) is 2.55. The molecule has 1 aromatic carbocycles. The van der Waals surface area contributed by atoms with Crippen molar-refractivity contribution in [2.24, 2.45) is 16.9 Å². The Labute approximate surface area is 142 Å². The Morgan fingerprint density at radius 1 is 1.21 bits per heavy atom. The van der Waals surface area contributed by atoms with Gasteiger partial charge >= 0.3 is 0 Å². The van der Waals surface area contributed by atoms with Gasteiger partial charge in [0.05, 0.1) is 11.9 Å². The standard InChI is InChI=1S/C18H23N5O/c1-12(2)9-14-7-5-6-8-15(14)18(24)23-22-17(13(3)4)16-10-19-11-20-21-16/h5-8,10-13H,9H2,1-4H3,(H,23,24)/b22-17-. The first-order valence-corrected chi connectivity index (χ1v) is 8.08. The fourth-order valence-corrected chi connectivity index (χ4v) is 2.38. The summed E-state index contributed by atoms with van der Waals surface area (Å²) >= 11 is 0. The van der Waals surface area contributed by atoms with Crippen molar-refractivity contribution in [3.8, 4) is 0 Å². The number of hydrogen-bond donors (Lipinski definition) is 1. The van der Waals surface area contributed by atoms with Crippen molar-refractivity contribution < 1.29 is 4.79 Å². The van der Waals surface area contributed by atoms with Crippen LogP contribution in [0.1, 0.15) is 49.3 Å². The highest BCUT2D eigenvalue weighted by molar-refractivity contribution is 6.02. The van der Waals surface area contributed by atoms with Gasteiger partial charge in [0.25, 0.3) is 5.91 Å². The Kier molecular flexibility index (Phi) is 6.12. The average molecular weight is 325 g/mol. The number of nitrogens with zero attached hydrogens (tertiary/aromatic N) is 4. The van der Waals surface area contributed by atoms with Gasteiger partial charge in [-0.2, -0.15) is 5.10 Å². The quantitative estimate of drug-likeness (QED) is 0.654. The molecular formula is C18H23N5O. The summed E-state index contributed by atoms with van der Waals surface area (Å²) in [6.45, 7) is 8.22. The van der Waals surface area contributed by atoms with Crippen LogP contribution in [0.3, 0.4) is 0 Å². The van der Waals surface area contributed by atoms with E-state index < -0.39 is 0 Å². The zero-order chi connectivity index (χ0) is 17.5. The van der Waals surface area contributed by atoms with Crippen LogP contribution in [0.2, 0.25) is 0 Å². The molecule has 6 heteroatoms. The van der Waals surface area contributed by atoms with E-state index in [1.807, 2.05) is 38.1 Å². The second-order valence-electron chi connectivity index (χ2n) is 6.34. The van der Waals surface area contributed by atoms with Crippen LogP contribution in [0.4, 0.5) is 0 Å². The Bertz CT molecular complexity index is 710. The molecule has 1 aromatic heterocycles. The lowest BCUT2D eigenvalue weighted by Gasteiger charge is -2.12. The third kappa shape index (κ3) is 4.68. The molecule has 126 valence electrons. The summed E-state index contributed by atoms with van der Waals surface area (Å²) in [4.78, 5) is 16.5. The number of carbonyl (C=O) groups is 1. The number of nitrogens with one attached hydrogen (secondary N) is 1. The van der Waals surface area contributed by atoms with E-state index in [9.17, 15) is 4.79 Å². The second kappa shape index (κ2) is 8.29. The molecule has 0 aliphatic rings. The first-order valence-electron chi connectivity index (χ1n) is 8.08. The summed E-state index contributed by atoms with van der Waals surface area (Å²) in [6.07, 6.45) is 3.80. The number of carbonyl (C=O) groups excluding carboxylic acids is 1. The number of hydrogen-bond acceptors (Lipinski definition) is 5. The van der Waals surface area contributed by atoms with Crippen molar-refractivity contribution in [2.75, 3.05) is 0 Å². The van der Waals surface area contributed by atoms with E-state index in [0.29, 0.717) is 22.9 Å². The molecule has 0 saturated carbocycles. The second-order valence-corrected chi connectivity index (χ2v) is 6.34. The van der Waals surface area contributed by atoms with E-state index in [1.54, 1.807) is 6.20 Å². The topological polar surface area (TPSA) is 80.1 Å². The van der Waals surface area contributed by atoms with Crippen LogP contribution in [0.25, 0.3) is 0 Å². The maximum atomic E-state index is 12.5. The van der Waals surface area contributed by atoms with Crippen LogP contribution < -0.4 is 5.43 Å². The summed E-state index contributed by atoms with van der Waals surface area (Å²) in [5.74, 6) is 0.329.